The summed E-state index contributed by atoms with van der Waals surface area (Å²) in [5.41, 5.74) is 2.45. The minimum Gasteiger partial charge on any atom is -0.481 e. The quantitative estimate of drug-likeness (QED) is 0.758. The maximum Gasteiger partial charge on any atom is 0.416 e. The topological polar surface area (TPSA) is 63.3 Å². The van der Waals surface area contributed by atoms with Gasteiger partial charge in [0.25, 0.3) is 0 Å². The Bertz CT molecular complexity index is 582. The predicted octanol–water partition coefficient (Wildman–Crippen LogP) is 3.95. The van der Waals surface area contributed by atoms with Crippen molar-refractivity contribution in [3.63, 3.8) is 0 Å². The molecule has 0 aromatic heterocycles. The molecule has 136 valence electrons. The first kappa shape index (κ1) is 20.3. The third-order valence-corrected chi connectivity index (χ3v) is 3.63. The summed E-state index contributed by atoms with van der Waals surface area (Å²) in [5, 5.41) is 8.91. The van der Waals surface area contributed by atoms with Gasteiger partial charge in [-0.25, -0.2) is 0 Å². The first-order valence-electron chi connectivity index (χ1n) is 7.06. The summed E-state index contributed by atoms with van der Waals surface area (Å²) in [4.78, 5) is 10.9. The van der Waals surface area contributed by atoms with Crippen LogP contribution in [0.2, 0.25) is 0 Å². The summed E-state index contributed by atoms with van der Waals surface area (Å²) >= 11 is 0. The number of carbonyl (C=O) groups is 1. The van der Waals surface area contributed by atoms with Crippen LogP contribution in [0.15, 0.2) is 18.2 Å². The smallest absolute Gasteiger partial charge is 0.416 e. The fourth-order valence-electron chi connectivity index (χ4n) is 2.46. The number of benzene rings is 1. The van der Waals surface area contributed by atoms with E-state index < -0.39 is 46.8 Å². The molecule has 0 aliphatic carbocycles. The monoisotopic (exact) mass is 357 g/mol. The Labute approximate surface area is 134 Å². The summed E-state index contributed by atoms with van der Waals surface area (Å²) < 4.78 is 77.2. The number of carboxylic acids is 1. The highest BCUT2D eigenvalue weighted by Gasteiger charge is 2.37. The van der Waals surface area contributed by atoms with E-state index in [2.05, 4.69) is 0 Å². The molecule has 0 aliphatic heterocycles. The average molecular weight is 357 g/mol. The van der Waals surface area contributed by atoms with E-state index in [1.165, 1.54) is 6.92 Å². The second-order valence-electron chi connectivity index (χ2n) is 5.68. The van der Waals surface area contributed by atoms with Gasteiger partial charge in [-0.15, -0.1) is 0 Å². The molecule has 0 aliphatic rings. The standard InChI is InChI=1S/C15H17F6NO2/c1-8(5-10(7-22)13(23)24)4-9-6-11(14(16,17)18)2-3-12(9)15(19,20)21/h2-3,6,8,10H,4-5,7,22H2,1H3,(H,23,24). The van der Waals surface area contributed by atoms with Gasteiger partial charge in [-0.1, -0.05) is 6.92 Å². The lowest BCUT2D eigenvalue weighted by molar-refractivity contribution is -0.142. The van der Waals surface area contributed by atoms with Crippen molar-refractivity contribution in [3.8, 4) is 0 Å². The van der Waals surface area contributed by atoms with Crippen molar-refractivity contribution in [3.05, 3.63) is 34.9 Å². The molecular formula is C15H17F6NO2. The van der Waals surface area contributed by atoms with Crippen molar-refractivity contribution < 1.29 is 36.2 Å². The van der Waals surface area contributed by atoms with E-state index in [9.17, 15) is 31.1 Å². The summed E-state index contributed by atoms with van der Waals surface area (Å²) in [6.45, 7) is 1.28. The van der Waals surface area contributed by atoms with E-state index in [4.69, 9.17) is 10.8 Å². The number of carboxylic acid groups (broad SMARTS) is 1. The Morgan fingerprint density at radius 2 is 1.75 bits per heavy atom. The van der Waals surface area contributed by atoms with Crippen molar-refractivity contribution in [1.82, 2.24) is 0 Å². The SMILES string of the molecule is CC(Cc1cc(C(F)(F)F)ccc1C(F)(F)F)CC(CN)C(=O)O. The highest BCUT2D eigenvalue weighted by Crippen LogP contribution is 2.37. The van der Waals surface area contributed by atoms with Crippen molar-refractivity contribution in [2.24, 2.45) is 17.6 Å². The fourth-order valence-corrected chi connectivity index (χ4v) is 2.46. The highest BCUT2D eigenvalue weighted by atomic mass is 19.4. The maximum atomic E-state index is 13.0. The van der Waals surface area contributed by atoms with Crippen LogP contribution in [0.1, 0.15) is 30.0 Å². The third-order valence-electron chi connectivity index (χ3n) is 3.63. The van der Waals surface area contributed by atoms with Crippen LogP contribution >= 0.6 is 0 Å². The van der Waals surface area contributed by atoms with Gasteiger partial charge in [0.2, 0.25) is 0 Å². The molecule has 0 spiro atoms. The third kappa shape index (κ3) is 5.40. The Balaban J connectivity index is 3.12. The van der Waals surface area contributed by atoms with E-state index in [-0.39, 0.29) is 19.4 Å². The van der Waals surface area contributed by atoms with Crippen molar-refractivity contribution in [1.29, 1.82) is 0 Å². The molecule has 1 aromatic carbocycles. The van der Waals surface area contributed by atoms with Crippen LogP contribution in [0.3, 0.4) is 0 Å². The number of hydrogen-bond donors (Lipinski definition) is 2. The van der Waals surface area contributed by atoms with Crippen LogP contribution in [0.4, 0.5) is 26.3 Å². The molecule has 0 bridgehead atoms. The second-order valence-corrected chi connectivity index (χ2v) is 5.68. The number of halogens is 6. The van der Waals surface area contributed by atoms with Crippen LogP contribution in [0.25, 0.3) is 0 Å². The van der Waals surface area contributed by atoms with Crippen LogP contribution < -0.4 is 5.73 Å². The number of alkyl halides is 6. The summed E-state index contributed by atoms with van der Waals surface area (Å²) in [5.74, 6) is -2.73. The Kier molecular flexibility index (Phi) is 6.26. The molecule has 0 fully saturated rings. The van der Waals surface area contributed by atoms with E-state index in [0.717, 1.165) is 0 Å². The second kappa shape index (κ2) is 7.42. The fraction of sp³-hybridized carbons (Fsp3) is 0.533. The molecule has 24 heavy (non-hydrogen) atoms. The molecule has 0 saturated heterocycles. The van der Waals surface area contributed by atoms with Gasteiger partial charge >= 0.3 is 18.3 Å². The maximum absolute atomic E-state index is 13.0. The minimum atomic E-state index is -4.79. The van der Waals surface area contributed by atoms with Crippen molar-refractivity contribution in [2.75, 3.05) is 6.54 Å². The normalized spacial score (nSPS) is 15.2. The van der Waals surface area contributed by atoms with Gasteiger partial charge in [0, 0.05) is 6.54 Å². The van der Waals surface area contributed by atoms with Crippen LogP contribution in [-0.2, 0) is 23.6 Å². The van der Waals surface area contributed by atoms with E-state index in [1.807, 2.05) is 0 Å². The van der Waals surface area contributed by atoms with Gasteiger partial charge in [-0.3, -0.25) is 4.79 Å². The molecule has 3 nitrogen and oxygen atoms in total. The zero-order valence-corrected chi connectivity index (χ0v) is 12.7. The van der Waals surface area contributed by atoms with Gasteiger partial charge in [0.05, 0.1) is 17.0 Å². The molecule has 0 amide bonds. The van der Waals surface area contributed by atoms with Crippen LogP contribution in [0.5, 0.6) is 0 Å². The number of hydrogen-bond acceptors (Lipinski definition) is 2. The molecule has 0 heterocycles. The molecule has 2 unspecified atom stereocenters. The molecule has 0 saturated carbocycles. The van der Waals surface area contributed by atoms with Crippen LogP contribution in [0, 0.1) is 11.8 Å². The predicted molar refractivity (Wildman–Crippen MR) is 74.1 cm³/mol. The molecule has 9 heteroatoms. The van der Waals surface area contributed by atoms with Gasteiger partial charge in [0.15, 0.2) is 0 Å². The summed E-state index contributed by atoms with van der Waals surface area (Å²) in [7, 11) is 0. The molecule has 3 N–H and O–H groups in total. The van der Waals surface area contributed by atoms with Gasteiger partial charge in [-0.05, 0) is 42.5 Å². The number of rotatable bonds is 6. The first-order chi connectivity index (χ1) is 10.9. The first-order valence-corrected chi connectivity index (χ1v) is 7.06. The minimum absolute atomic E-state index is 0.0284. The Hall–Kier alpha value is -1.77. The van der Waals surface area contributed by atoms with Crippen molar-refractivity contribution >= 4 is 5.97 Å². The molecule has 0 radical (unpaired) electrons. The molecule has 2 atom stereocenters. The lowest BCUT2D eigenvalue weighted by Gasteiger charge is -2.20. The van der Waals surface area contributed by atoms with Crippen LogP contribution in [-0.4, -0.2) is 17.6 Å². The molecule has 1 rings (SSSR count). The summed E-state index contributed by atoms with van der Waals surface area (Å²) in [6, 6.07) is 1.26. The zero-order valence-electron chi connectivity index (χ0n) is 12.7. The Morgan fingerprint density at radius 1 is 1.17 bits per heavy atom. The number of aliphatic carboxylic acids is 1. The summed E-state index contributed by atoms with van der Waals surface area (Å²) in [6.07, 6.45) is -9.91. The van der Waals surface area contributed by atoms with Crippen molar-refractivity contribution in [2.45, 2.75) is 32.1 Å². The molecular weight excluding hydrogens is 340 g/mol. The van der Waals surface area contributed by atoms with Gasteiger partial charge in [0.1, 0.15) is 0 Å². The number of nitrogens with two attached hydrogens (primary N) is 1. The largest absolute Gasteiger partial charge is 0.481 e. The lowest BCUT2D eigenvalue weighted by atomic mass is 9.88. The lowest BCUT2D eigenvalue weighted by Crippen LogP contribution is -2.26. The van der Waals surface area contributed by atoms with Gasteiger partial charge in [-0.2, -0.15) is 26.3 Å². The van der Waals surface area contributed by atoms with E-state index >= 15 is 0 Å². The average Bonchev–Trinajstić information content (AvgIpc) is 2.42. The molecule has 1 aromatic rings. The van der Waals surface area contributed by atoms with E-state index in [0.29, 0.717) is 18.2 Å². The highest BCUT2D eigenvalue weighted by molar-refractivity contribution is 5.70. The Morgan fingerprint density at radius 3 is 2.17 bits per heavy atom. The van der Waals surface area contributed by atoms with E-state index in [1.54, 1.807) is 0 Å². The zero-order chi connectivity index (χ0) is 18.7. The van der Waals surface area contributed by atoms with Gasteiger partial charge < -0.3 is 10.8 Å².